The highest BCUT2D eigenvalue weighted by Crippen LogP contribution is 2.32. The lowest BCUT2D eigenvalue weighted by atomic mass is 10.0. The zero-order valence-electron chi connectivity index (χ0n) is 20.0. The van der Waals surface area contributed by atoms with E-state index in [0.717, 1.165) is 28.0 Å². The van der Waals surface area contributed by atoms with Gasteiger partial charge < -0.3 is 9.64 Å². The molecule has 0 saturated carbocycles. The summed E-state index contributed by atoms with van der Waals surface area (Å²) in [4.78, 5) is 30.4. The van der Waals surface area contributed by atoms with Crippen LogP contribution in [0.2, 0.25) is 0 Å². The molecule has 1 aliphatic rings. The largest absolute Gasteiger partial charge is 0.492 e. The first-order chi connectivity index (χ1) is 16.5. The van der Waals surface area contributed by atoms with Gasteiger partial charge in [-0.2, -0.15) is 0 Å². The van der Waals surface area contributed by atoms with Gasteiger partial charge in [0.05, 0.1) is 12.1 Å². The molecule has 5 nitrogen and oxygen atoms in total. The minimum atomic E-state index is -0.276. The summed E-state index contributed by atoms with van der Waals surface area (Å²) in [6.07, 6.45) is 0. The first-order valence-electron chi connectivity index (χ1n) is 11.6. The molecule has 2 amide bonds. The van der Waals surface area contributed by atoms with Crippen LogP contribution >= 0.6 is 0 Å². The first kappa shape index (κ1) is 23.3. The molecule has 1 aliphatic heterocycles. The number of carbonyl (C=O) groups is 2. The Morgan fingerprint density at radius 1 is 0.824 bits per heavy atom. The molecular weight excluding hydrogens is 424 g/mol. The van der Waals surface area contributed by atoms with E-state index in [1.807, 2.05) is 98.5 Å². The Morgan fingerprint density at radius 2 is 1.44 bits per heavy atom. The van der Waals surface area contributed by atoms with E-state index in [-0.39, 0.29) is 25.0 Å². The molecule has 0 N–H and O–H groups in total. The van der Waals surface area contributed by atoms with E-state index in [1.165, 1.54) is 4.90 Å². The molecule has 174 valence electrons. The smallest absolute Gasteiger partial charge is 0.278 e. The molecular formula is C29H30N2O3. The van der Waals surface area contributed by atoms with Crippen LogP contribution in [-0.2, 0) is 16.1 Å². The number of carbonyl (C=O) groups excluding carboxylic acids is 2. The molecule has 3 aromatic rings. The molecule has 0 radical (unpaired) electrons. The van der Waals surface area contributed by atoms with Crippen LogP contribution in [0, 0.1) is 13.8 Å². The lowest BCUT2D eigenvalue weighted by Gasteiger charge is -2.25. The lowest BCUT2D eigenvalue weighted by Crippen LogP contribution is -2.37. The second-order valence-corrected chi connectivity index (χ2v) is 8.52. The Balaban J connectivity index is 1.59. The van der Waals surface area contributed by atoms with Crippen molar-refractivity contribution >= 4 is 17.4 Å². The maximum absolute atomic E-state index is 13.6. The van der Waals surface area contributed by atoms with Gasteiger partial charge in [0.1, 0.15) is 18.1 Å². The monoisotopic (exact) mass is 454 g/mol. The number of aryl methyl sites for hydroxylation is 2. The minimum absolute atomic E-state index is 0.188. The molecule has 4 rings (SSSR count). The summed E-state index contributed by atoms with van der Waals surface area (Å²) >= 11 is 0. The van der Waals surface area contributed by atoms with Crippen LogP contribution < -0.4 is 4.74 Å². The summed E-state index contributed by atoms with van der Waals surface area (Å²) in [6.45, 7) is 7.61. The second kappa shape index (κ2) is 10.4. The molecule has 3 aromatic carbocycles. The van der Waals surface area contributed by atoms with Crippen LogP contribution in [0.5, 0.6) is 5.75 Å². The van der Waals surface area contributed by atoms with Gasteiger partial charge in [0, 0.05) is 13.1 Å². The van der Waals surface area contributed by atoms with E-state index in [1.54, 1.807) is 0 Å². The summed E-state index contributed by atoms with van der Waals surface area (Å²) < 4.78 is 5.91. The molecule has 1 heterocycles. The molecule has 34 heavy (non-hydrogen) atoms. The fourth-order valence-corrected chi connectivity index (χ4v) is 4.35. The number of likely N-dealkylation sites (N-methyl/N-ethyl adjacent to an activating group) is 1. The van der Waals surface area contributed by atoms with Crippen LogP contribution in [0.15, 0.2) is 84.6 Å². The Bertz CT molecular complexity index is 1180. The fraction of sp³-hybridized carbons (Fsp3) is 0.241. The predicted octanol–water partition coefficient (Wildman–Crippen LogP) is 4.98. The average Bonchev–Trinajstić information content (AvgIpc) is 3.08. The Labute approximate surface area is 201 Å². The van der Waals surface area contributed by atoms with Crippen molar-refractivity contribution in [3.05, 3.63) is 107 Å². The highest BCUT2D eigenvalue weighted by Gasteiger charge is 2.41. The minimum Gasteiger partial charge on any atom is -0.492 e. The van der Waals surface area contributed by atoms with E-state index in [0.29, 0.717) is 24.4 Å². The lowest BCUT2D eigenvalue weighted by molar-refractivity contribution is -0.138. The number of nitrogens with zero attached hydrogens (tertiary/aromatic N) is 2. The van der Waals surface area contributed by atoms with Crippen LogP contribution in [0.1, 0.15) is 29.2 Å². The van der Waals surface area contributed by atoms with E-state index < -0.39 is 0 Å². The van der Waals surface area contributed by atoms with Crippen molar-refractivity contribution in [2.75, 3.05) is 19.7 Å². The zero-order chi connectivity index (χ0) is 24.1. The topological polar surface area (TPSA) is 49.9 Å². The van der Waals surface area contributed by atoms with Gasteiger partial charge in [0.2, 0.25) is 0 Å². The maximum atomic E-state index is 13.6. The second-order valence-electron chi connectivity index (χ2n) is 8.52. The van der Waals surface area contributed by atoms with Gasteiger partial charge in [0.25, 0.3) is 11.8 Å². The standard InChI is InChI=1S/C29H30N2O3/c1-4-30(20-23-11-7-5-8-12-23)27-26(24-13-9-6-10-14-24)28(32)31(29(27)33)15-16-34-25-18-21(2)17-22(3)19-25/h5-14,17-19H,4,15-16,20H2,1-3H3. The highest BCUT2D eigenvalue weighted by atomic mass is 16.5. The predicted molar refractivity (Wildman–Crippen MR) is 134 cm³/mol. The van der Waals surface area contributed by atoms with Gasteiger partial charge in [-0.25, -0.2) is 0 Å². The molecule has 0 aliphatic carbocycles. The number of hydrogen-bond donors (Lipinski definition) is 0. The van der Waals surface area contributed by atoms with E-state index in [4.69, 9.17) is 4.74 Å². The summed E-state index contributed by atoms with van der Waals surface area (Å²) in [5, 5.41) is 0. The van der Waals surface area contributed by atoms with Gasteiger partial charge >= 0.3 is 0 Å². The number of rotatable bonds is 9. The van der Waals surface area contributed by atoms with Crippen molar-refractivity contribution in [1.29, 1.82) is 0 Å². The third-order valence-corrected chi connectivity index (χ3v) is 5.90. The van der Waals surface area contributed by atoms with Crippen molar-refractivity contribution in [1.82, 2.24) is 9.80 Å². The van der Waals surface area contributed by atoms with Gasteiger partial charge in [-0.1, -0.05) is 66.7 Å². The Hall–Kier alpha value is -3.86. The number of amides is 2. The molecule has 0 saturated heterocycles. The molecule has 0 bridgehead atoms. The molecule has 5 heteroatoms. The van der Waals surface area contributed by atoms with Crippen molar-refractivity contribution in [3.63, 3.8) is 0 Å². The summed E-state index contributed by atoms with van der Waals surface area (Å²) in [5.74, 6) is 0.194. The normalized spacial score (nSPS) is 13.6. The number of benzene rings is 3. The Kier molecular flexibility index (Phi) is 7.12. The van der Waals surface area contributed by atoms with Crippen molar-refractivity contribution in [2.24, 2.45) is 0 Å². The zero-order valence-corrected chi connectivity index (χ0v) is 20.0. The molecule has 0 aromatic heterocycles. The third kappa shape index (κ3) is 5.04. The SMILES string of the molecule is CCN(Cc1ccccc1)C1=C(c2ccccc2)C(=O)N(CCOc2cc(C)cc(C)c2)C1=O. The van der Waals surface area contributed by atoms with Crippen LogP contribution in [0.3, 0.4) is 0 Å². The molecule has 0 spiro atoms. The maximum Gasteiger partial charge on any atom is 0.278 e. The summed E-state index contributed by atoms with van der Waals surface area (Å²) in [7, 11) is 0. The van der Waals surface area contributed by atoms with E-state index in [2.05, 4.69) is 6.07 Å². The average molecular weight is 455 g/mol. The quantitative estimate of drug-likeness (QED) is 0.428. The van der Waals surface area contributed by atoms with Gasteiger partial charge in [-0.15, -0.1) is 0 Å². The van der Waals surface area contributed by atoms with Gasteiger partial charge in [0.15, 0.2) is 0 Å². The van der Waals surface area contributed by atoms with Crippen LogP contribution in [0.4, 0.5) is 0 Å². The van der Waals surface area contributed by atoms with Gasteiger partial charge in [-0.05, 0) is 55.2 Å². The molecule has 0 unspecified atom stereocenters. The summed E-state index contributed by atoms with van der Waals surface area (Å²) in [6, 6.07) is 25.4. The van der Waals surface area contributed by atoms with Crippen LogP contribution in [0.25, 0.3) is 5.57 Å². The summed E-state index contributed by atoms with van der Waals surface area (Å²) in [5.41, 5.74) is 4.96. The van der Waals surface area contributed by atoms with Crippen molar-refractivity contribution in [3.8, 4) is 5.75 Å². The highest BCUT2D eigenvalue weighted by molar-refractivity contribution is 6.35. The van der Waals surface area contributed by atoms with Crippen molar-refractivity contribution in [2.45, 2.75) is 27.3 Å². The Morgan fingerprint density at radius 3 is 2.06 bits per heavy atom. The first-order valence-corrected chi connectivity index (χ1v) is 11.6. The molecule has 0 fully saturated rings. The number of hydrogen-bond acceptors (Lipinski definition) is 4. The fourth-order valence-electron chi connectivity index (χ4n) is 4.35. The number of ether oxygens (including phenoxy) is 1. The number of imide groups is 1. The van der Waals surface area contributed by atoms with E-state index in [9.17, 15) is 9.59 Å². The van der Waals surface area contributed by atoms with E-state index >= 15 is 0 Å². The third-order valence-electron chi connectivity index (χ3n) is 5.90. The van der Waals surface area contributed by atoms with Gasteiger partial charge in [-0.3, -0.25) is 14.5 Å². The van der Waals surface area contributed by atoms with Crippen LogP contribution in [-0.4, -0.2) is 41.3 Å². The van der Waals surface area contributed by atoms with Crippen molar-refractivity contribution < 1.29 is 14.3 Å². The molecule has 0 atom stereocenters.